The van der Waals surface area contributed by atoms with E-state index in [4.69, 9.17) is 4.74 Å². The number of benzene rings is 2. The quantitative estimate of drug-likeness (QED) is 0.818. The molecule has 2 heterocycles. The van der Waals surface area contributed by atoms with Crippen LogP contribution in [0.4, 0.5) is 0 Å². The summed E-state index contributed by atoms with van der Waals surface area (Å²) in [6.45, 7) is 2.69. The van der Waals surface area contributed by atoms with Crippen LogP contribution in [0.15, 0.2) is 54.6 Å². The van der Waals surface area contributed by atoms with Crippen LogP contribution in [0.1, 0.15) is 29.5 Å². The molecular formula is C22H23NO3. The summed E-state index contributed by atoms with van der Waals surface area (Å²) in [4.78, 5) is 2.46. The number of hydrogen-bond donors (Lipinski definition) is 2. The van der Waals surface area contributed by atoms with Gasteiger partial charge in [0.2, 0.25) is 0 Å². The highest BCUT2D eigenvalue weighted by atomic mass is 16.5. The third-order valence-corrected chi connectivity index (χ3v) is 6.08. The second kappa shape index (κ2) is 5.86. The Balaban J connectivity index is 1.56. The maximum Gasteiger partial charge on any atom is 0.165 e. The van der Waals surface area contributed by atoms with Gasteiger partial charge in [0, 0.05) is 31.6 Å². The van der Waals surface area contributed by atoms with Gasteiger partial charge < -0.3 is 14.9 Å². The first-order chi connectivity index (χ1) is 12.7. The van der Waals surface area contributed by atoms with E-state index >= 15 is 0 Å². The molecule has 2 aromatic rings. The fourth-order valence-corrected chi connectivity index (χ4v) is 4.82. The van der Waals surface area contributed by atoms with E-state index in [1.165, 1.54) is 11.1 Å². The molecule has 0 saturated heterocycles. The molecule has 2 N–H and O–H groups in total. The van der Waals surface area contributed by atoms with Gasteiger partial charge in [-0.2, -0.15) is 0 Å². The first kappa shape index (κ1) is 15.9. The molecule has 0 radical (unpaired) electrons. The second-order valence-corrected chi connectivity index (χ2v) is 7.70. The highest BCUT2D eigenvalue weighted by molar-refractivity contribution is 5.60. The maximum absolute atomic E-state index is 10.4. The number of ether oxygens (including phenoxy) is 1. The van der Waals surface area contributed by atoms with Crippen molar-refractivity contribution < 1.29 is 14.9 Å². The molecule has 3 aliphatic rings. The van der Waals surface area contributed by atoms with Crippen molar-refractivity contribution in [2.24, 2.45) is 0 Å². The lowest BCUT2D eigenvalue weighted by Gasteiger charge is -2.35. The molecule has 1 aliphatic carbocycles. The monoisotopic (exact) mass is 349 g/mol. The van der Waals surface area contributed by atoms with Crippen LogP contribution in [0.25, 0.3) is 0 Å². The van der Waals surface area contributed by atoms with Gasteiger partial charge in [0.15, 0.2) is 11.5 Å². The predicted molar refractivity (Wildman–Crippen MR) is 99.1 cm³/mol. The molecule has 3 atom stereocenters. The summed E-state index contributed by atoms with van der Waals surface area (Å²) >= 11 is 0. The summed E-state index contributed by atoms with van der Waals surface area (Å²) in [6.07, 6.45) is 4.94. The lowest BCUT2D eigenvalue weighted by molar-refractivity contribution is 0.0807. The topological polar surface area (TPSA) is 52.9 Å². The predicted octanol–water partition coefficient (Wildman–Crippen LogP) is 3.12. The van der Waals surface area contributed by atoms with Crippen LogP contribution in [0.2, 0.25) is 0 Å². The number of aliphatic hydroxyl groups excluding tert-OH is 1. The Labute approximate surface area is 153 Å². The van der Waals surface area contributed by atoms with Gasteiger partial charge in [-0.05, 0) is 23.6 Å². The highest BCUT2D eigenvalue weighted by Gasteiger charge is 2.52. The molecule has 0 aromatic heterocycles. The molecule has 134 valence electrons. The van der Waals surface area contributed by atoms with Crippen molar-refractivity contribution in [3.63, 3.8) is 0 Å². The summed E-state index contributed by atoms with van der Waals surface area (Å²) in [5.74, 6) is 0.824. The number of phenolic OH excluding ortho intramolecular Hbond substituents is 1. The molecule has 0 bridgehead atoms. The lowest BCUT2D eigenvalue weighted by Crippen LogP contribution is -2.43. The van der Waals surface area contributed by atoms with E-state index < -0.39 is 6.10 Å². The summed E-state index contributed by atoms with van der Waals surface area (Å²) < 4.78 is 6.16. The zero-order chi connectivity index (χ0) is 17.7. The standard InChI is InChI=1S/C22H23NO3/c24-17-8-9-22-10-11-23(13-15-4-2-1-3-5-15)14-16-6-7-18(25)21(20(16)22)26-19(22)12-17/h1-9,17,19,24-25H,10-14H2/t17-,19-,22-/m0/s1. The summed E-state index contributed by atoms with van der Waals surface area (Å²) in [6, 6.07) is 14.3. The SMILES string of the molecule is Oc1ccc2c3c1O[C@H]1C[C@@H](O)C=C[C@@]31CCN(Cc1ccccc1)C2. The fourth-order valence-electron chi connectivity index (χ4n) is 4.82. The number of phenols is 1. The largest absolute Gasteiger partial charge is 0.504 e. The van der Waals surface area contributed by atoms with Gasteiger partial charge in [-0.15, -0.1) is 0 Å². The van der Waals surface area contributed by atoms with Crippen molar-refractivity contribution in [2.75, 3.05) is 6.54 Å². The van der Waals surface area contributed by atoms with Gasteiger partial charge in [-0.1, -0.05) is 48.6 Å². The van der Waals surface area contributed by atoms with Crippen LogP contribution in [0.5, 0.6) is 11.5 Å². The van der Waals surface area contributed by atoms with Gasteiger partial charge in [0.25, 0.3) is 0 Å². The van der Waals surface area contributed by atoms with Gasteiger partial charge in [0.1, 0.15) is 6.10 Å². The average Bonchev–Trinajstić information content (AvgIpc) is 2.90. The van der Waals surface area contributed by atoms with Crippen LogP contribution in [0.3, 0.4) is 0 Å². The first-order valence-corrected chi connectivity index (χ1v) is 9.31. The van der Waals surface area contributed by atoms with Gasteiger partial charge >= 0.3 is 0 Å². The molecule has 2 aromatic carbocycles. The number of aromatic hydroxyl groups is 1. The fraction of sp³-hybridized carbons (Fsp3) is 0.364. The minimum Gasteiger partial charge on any atom is -0.504 e. The molecule has 4 nitrogen and oxygen atoms in total. The smallest absolute Gasteiger partial charge is 0.165 e. The van der Waals surface area contributed by atoms with Crippen LogP contribution in [0, 0.1) is 0 Å². The minimum atomic E-state index is -0.478. The van der Waals surface area contributed by atoms with E-state index in [0.29, 0.717) is 12.2 Å². The third-order valence-electron chi connectivity index (χ3n) is 6.08. The Morgan fingerprint density at radius 3 is 2.85 bits per heavy atom. The van der Waals surface area contributed by atoms with E-state index in [0.717, 1.165) is 31.6 Å². The van der Waals surface area contributed by atoms with Crippen molar-refractivity contribution in [2.45, 2.75) is 43.6 Å². The van der Waals surface area contributed by atoms with Gasteiger partial charge in [-0.25, -0.2) is 0 Å². The normalized spacial score (nSPS) is 29.6. The van der Waals surface area contributed by atoms with Crippen molar-refractivity contribution in [1.29, 1.82) is 0 Å². The Kier molecular flexibility index (Phi) is 3.59. The first-order valence-electron chi connectivity index (χ1n) is 9.31. The van der Waals surface area contributed by atoms with Crippen molar-refractivity contribution in [3.8, 4) is 11.5 Å². The number of rotatable bonds is 2. The Bertz CT molecular complexity index is 863. The Morgan fingerprint density at radius 2 is 2.00 bits per heavy atom. The maximum atomic E-state index is 10.4. The van der Waals surface area contributed by atoms with Crippen LogP contribution >= 0.6 is 0 Å². The van der Waals surface area contributed by atoms with Crippen molar-refractivity contribution in [3.05, 3.63) is 71.3 Å². The van der Waals surface area contributed by atoms with Gasteiger partial charge in [-0.3, -0.25) is 4.90 Å². The average molecular weight is 349 g/mol. The summed E-state index contributed by atoms with van der Waals surface area (Å²) in [5.41, 5.74) is 3.41. The number of aliphatic hydroxyl groups is 1. The van der Waals surface area contributed by atoms with Crippen molar-refractivity contribution in [1.82, 2.24) is 4.90 Å². The number of nitrogens with zero attached hydrogens (tertiary/aromatic N) is 1. The molecule has 0 amide bonds. The number of hydrogen-bond acceptors (Lipinski definition) is 4. The van der Waals surface area contributed by atoms with E-state index in [1.54, 1.807) is 6.07 Å². The molecule has 0 saturated carbocycles. The Hall–Kier alpha value is -2.30. The van der Waals surface area contributed by atoms with Gasteiger partial charge in [0.05, 0.1) is 11.5 Å². The molecular weight excluding hydrogens is 326 g/mol. The molecule has 4 heteroatoms. The van der Waals surface area contributed by atoms with Crippen LogP contribution in [-0.4, -0.2) is 33.9 Å². The Morgan fingerprint density at radius 1 is 1.15 bits per heavy atom. The van der Waals surface area contributed by atoms with E-state index in [1.807, 2.05) is 18.2 Å². The lowest BCUT2D eigenvalue weighted by atomic mass is 9.69. The molecule has 1 spiro atoms. The highest BCUT2D eigenvalue weighted by Crippen LogP contribution is 2.55. The third kappa shape index (κ3) is 2.37. The second-order valence-electron chi connectivity index (χ2n) is 7.70. The molecule has 0 unspecified atom stereocenters. The summed E-state index contributed by atoms with van der Waals surface area (Å²) in [5, 5.41) is 20.4. The summed E-state index contributed by atoms with van der Waals surface area (Å²) in [7, 11) is 0. The zero-order valence-electron chi connectivity index (χ0n) is 14.6. The molecule has 5 rings (SSSR count). The molecule has 0 fully saturated rings. The molecule has 26 heavy (non-hydrogen) atoms. The van der Waals surface area contributed by atoms with E-state index in [9.17, 15) is 10.2 Å². The van der Waals surface area contributed by atoms with Crippen LogP contribution in [-0.2, 0) is 18.5 Å². The van der Waals surface area contributed by atoms with E-state index in [-0.39, 0.29) is 17.3 Å². The van der Waals surface area contributed by atoms with Crippen LogP contribution < -0.4 is 4.74 Å². The molecule has 2 aliphatic heterocycles. The minimum absolute atomic E-state index is 0.110. The zero-order valence-corrected chi connectivity index (χ0v) is 14.6. The van der Waals surface area contributed by atoms with Crippen molar-refractivity contribution >= 4 is 0 Å². The van der Waals surface area contributed by atoms with E-state index in [2.05, 4.69) is 35.2 Å².